The largest absolute Gasteiger partial charge is 0.492 e. The molecule has 5 rings (SSSR count). The van der Waals surface area contributed by atoms with Gasteiger partial charge in [-0.1, -0.05) is 43.2 Å². The maximum atomic E-state index is 14.2. The van der Waals surface area contributed by atoms with Gasteiger partial charge < -0.3 is 34.1 Å². The molecule has 220 valence electrons. The Balaban J connectivity index is 1.40. The van der Waals surface area contributed by atoms with Crippen LogP contribution in [-0.4, -0.2) is 90.1 Å². The molecule has 10 nitrogen and oxygen atoms in total. The lowest BCUT2D eigenvalue weighted by Crippen LogP contribution is -2.54. The Hall–Kier alpha value is -3.25. The zero-order valence-electron chi connectivity index (χ0n) is 23.6. The number of nitrogens with zero attached hydrogens (tertiary/aromatic N) is 3. The fourth-order valence-electron chi connectivity index (χ4n) is 6.04. The second kappa shape index (κ2) is 13.2. The molecule has 11 heteroatoms. The molecule has 1 aliphatic carbocycles. The molecule has 0 spiro atoms. The summed E-state index contributed by atoms with van der Waals surface area (Å²) >= 11 is 1.27. The number of aliphatic hydroxyl groups is 1. The fourth-order valence-corrected chi connectivity index (χ4v) is 6.79. The van der Waals surface area contributed by atoms with E-state index in [1.807, 2.05) is 39.8 Å². The molecule has 1 amide bonds. The minimum Gasteiger partial charge on any atom is -0.492 e. The van der Waals surface area contributed by atoms with Crippen molar-refractivity contribution in [3.05, 3.63) is 58.7 Å². The molecular weight excluding hydrogens is 544 g/mol. The lowest BCUT2D eigenvalue weighted by Gasteiger charge is -2.41. The molecule has 1 aromatic carbocycles. The molecule has 1 aliphatic heterocycles. The highest BCUT2D eigenvalue weighted by Crippen LogP contribution is 2.41. The smallest absolute Gasteiger partial charge is 0.351 e. The third-order valence-electron chi connectivity index (χ3n) is 8.05. The van der Waals surface area contributed by atoms with Gasteiger partial charge in [-0.2, -0.15) is 0 Å². The Kier molecular flexibility index (Phi) is 9.39. The third kappa shape index (κ3) is 6.18. The Labute approximate surface area is 244 Å². The number of nitrogens with one attached hydrogen (secondary N) is 1. The normalized spacial score (nSPS) is 22.9. The number of carbonyl (C=O) groups is 2. The second-order valence-electron chi connectivity index (χ2n) is 10.6. The number of esters is 1. The first-order valence-electron chi connectivity index (χ1n) is 14.1. The van der Waals surface area contributed by atoms with Crippen molar-refractivity contribution >= 4 is 23.2 Å². The number of carbonyl (C=O) groups excluding carboxylic acids is 2. The summed E-state index contributed by atoms with van der Waals surface area (Å²) in [6.45, 7) is 2.39. The summed E-state index contributed by atoms with van der Waals surface area (Å²) < 4.78 is 18.2. The van der Waals surface area contributed by atoms with E-state index in [9.17, 15) is 14.7 Å². The van der Waals surface area contributed by atoms with Crippen molar-refractivity contribution in [1.29, 1.82) is 0 Å². The summed E-state index contributed by atoms with van der Waals surface area (Å²) in [6, 6.07) is 11.2. The van der Waals surface area contributed by atoms with Gasteiger partial charge in [0.25, 0.3) is 5.91 Å². The Bertz CT molecular complexity index is 1320. The van der Waals surface area contributed by atoms with E-state index in [-0.39, 0.29) is 24.6 Å². The average molecular weight is 583 g/mol. The van der Waals surface area contributed by atoms with E-state index in [1.54, 1.807) is 24.9 Å². The molecule has 0 radical (unpaired) electrons. The van der Waals surface area contributed by atoms with E-state index in [2.05, 4.69) is 10.3 Å². The summed E-state index contributed by atoms with van der Waals surface area (Å²) in [5.74, 6) is -0.0823. The lowest BCUT2D eigenvalue weighted by atomic mass is 9.80. The van der Waals surface area contributed by atoms with E-state index < -0.39 is 11.6 Å². The second-order valence-corrected chi connectivity index (χ2v) is 11.5. The van der Waals surface area contributed by atoms with Crippen molar-refractivity contribution in [1.82, 2.24) is 19.8 Å². The SMILES string of the molecule is COC[C@]1(O)CCCC[C@H]1n1cnc(C(=O)N2CCNC[C@H]2CCOc2ccsc2C(=O)OC)c1-c1ccccc1. The molecule has 3 heterocycles. The molecule has 41 heavy (non-hydrogen) atoms. The topological polar surface area (TPSA) is 115 Å². The van der Waals surface area contributed by atoms with Crippen molar-refractivity contribution in [3.8, 4) is 17.0 Å². The Morgan fingerprint density at radius 2 is 2.02 bits per heavy atom. The van der Waals surface area contributed by atoms with Gasteiger partial charge >= 0.3 is 5.97 Å². The molecule has 3 atom stereocenters. The fraction of sp³-hybridized carbons (Fsp3) is 0.500. The van der Waals surface area contributed by atoms with Crippen LogP contribution in [0.4, 0.5) is 0 Å². The van der Waals surface area contributed by atoms with E-state index in [0.29, 0.717) is 61.1 Å². The monoisotopic (exact) mass is 582 g/mol. The van der Waals surface area contributed by atoms with Crippen LogP contribution >= 0.6 is 11.3 Å². The highest BCUT2D eigenvalue weighted by Gasteiger charge is 2.42. The van der Waals surface area contributed by atoms with Gasteiger partial charge in [0.15, 0.2) is 10.6 Å². The minimum absolute atomic E-state index is 0.120. The quantitative estimate of drug-likeness (QED) is 0.347. The average Bonchev–Trinajstić information content (AvgIpc) is 3.65. The maximum Gasteiger partial charge on any atom is 0.351 e. The summed E-state index contributed by atoms with van der Waals surface area (Å²) in [4.78, 5) is 33.2. The molecule has 2 N–H and O–H groups in total. The van der Waals surface area contributed by atoms with Crippen molar-refractivity contribution < 1.29 is 28.9 Å². The number of amides is 1. The van der Waals surface area contributed by atoms with Crippen molar-refractivity contribution in [2.75, 3.05) is 47.1 Å². The van der Waals surface area contributed by atoms with Crippen LogP contribution in [0.1, 0.15) is 58.3 Å². The first-order valence-corrected chi connectivity index (χ1v) is 15.0. The van der Waals surface area contributed by atoms with Gasteiger partial charge in [-0.05, 0) is 24.3 Å². The predicted molar refractivity (Wildman–Crippen MR) is 155 cm³/mol. The highest BCUT2D eigenvalue weighted by atomic mass is 32.1. The number of benzene rings is 1. The zero-order valence-corrected chi connectivity index (χ0v) is 24.4. The third-order valence-corrected chi connectivity index (χ3v) is 8.93. The molecule has 0 bridgehead atoms. The van der Waals surface area contributed by atoms with E-state index >= 15 is 0 Å². The Morgan fingerprint density at radius 1 is 1.20 bits per heavy atom. The van der Waals surface area contributed by atoms with Gasteiger partial charge in [0.05, 0.1) is 38.4 Å². The highest BCUT2D eigenvalue weighted by molar-refractivity contribution is 7.12. The van der Waals surface area contributed by atoms with Crippen LogP contribution in [0.3, 0.4) is 0 Å². The number of ether oxygens (including phenoxy) is 3. The van der Waals surface area contributed by atoms with Gasteiger partial charge in [0.2, 0.25) is 0 Å². The number of hydrogen-bond donors (Lipinski definition) is 2. The standard InChI is InChI=1S/C30H38N4O6S/c1-38-19-30(37)13-7-6-10-24(30)34-20-32-25(26(34)21-8-4-3-5-9-21)28(35)33-15-14-31-18-22(33)11-16-40-23-12-17-41-27(23)29(36)39-2/h3-5,8-9,12,17,20,22,24,31,37H,6-7,10-11,13-16,18-19H2,1-2H3/t22-,24-,30-/m1/s1. The number of methoxy groups -OCH3 is 2. The zero-order chi connectivity index (χ0) is 28.8. The van der Waals surface area contributed by atoms with Gasteiger partial charge in [-0.25, -0.2) is 9.78 Å². The van der Waals surface area contributed by atoms with Crippen LogP contribution < -0.4 is 10.1 Å². The van der Waals surface area contributed by atoms with Crippen LogP contribution in [-0.2, 0) is 9.47 Å². The van der Waals surface area contributed by atoms with Crippen LogP contribution in [0, 0.1) is 0 Å². The predicted octanol–water partition coefficient (Wildman–Crippen LogP) is 3.77. The van der Waals surface area contributed by atoms with Crippen molar-refractivity contribution in [2.24, 2.45) is 0 Å². The molecule has 1 saturated carbocycles. The summed E-state index contributed by atoms with van der Waals surface area (Å²) in [5, 5.41) is 16.8. The molecule has 2 aromatic heterocycles. The number of thiophene rings is 1. The van der Waals surface area contributed by atoms with Gasteiger partial charge in [-0.15, -0.1) is 11.3 Å². The number of piperazine rings is 1. The van der Waals surface area contributed by atoms with E-state index in [4.69, 9.17) is 14.2 Å². The minimum atomic E-state index is -1.04. The lowest BCUT2D eigenvalue weighted by molar-refractivity contribution is -0.0893. The van der Waals surface area contributed by atoms with E-state index in [1.165, 1.54) is 18.4 Å². The van der Waals surface area contributed by atoms with Gasteiger partial charge in [-0.3, -0.25) is 4.79 Å². The number of hydrogen-bond acceptors (Lipinski definition) is 9. The molecular formula is C30H38N4O6S. The maximum absolute atomic E-state index is 14.2. The first-order chi connectivity index (χ1) is 20.0. The summed E-state index contributed by atoms with van der Waals surface area (Å²) in [7, 11) is 2.95. The summed E-state index contributed by atoms with van der Waals surface area (Å²) in [6.07, 6.45) is 5.59. The number of imidazole rings is 1. The first kappa shape index (κ1) is 29.2. The van der Waals surface area contributed by atoms with Crippen LogP contribution in [0.25, 0.3) is 11.3 Å². The molecule has 0 unspecified atom stereocenters. The summed E-state index contributed by atoms with van der Waals surface area (Å²) in [5.41, 5.74) is 0.921. The van der Waals surface area contributed by atoms with Gasteiger partial charge in [0, 0.05) is 44.8 Å². The number of aromatic nitrogens is 2. The number of rotatable bonds is 10. The molecule has 2 aliphatic rings. The molecule has 1 saturated heterocycles. The van der Waals surface area contributed by atoms with Crippen LogP contribution in [0.2, 0.25) is 0 Å². The van der Waals surface area contributed by atoms with Crippen molar-refractivity contribution in [3.63, 3.8) is 0 Å². The van der Waals surface area contributed by atoms with Crippen molar-refractivity contribution in [2.45, 2.75) is 49.8 Å². The van der Waals surface area contributed by atoms with E-state index in [0.717, 1.165) is 24.8 Å². The molecule has 2 fully saturated rings. The Morgan fingerprint density at radius 3 is 2.80 bits per heavy atom. The van der Waals surface area contributed by atoms with Crippen LogP contribution in [0.5, 0.6) is 5.75 Å². The van der Waals surface area contributed by atoms with Crippen LogP contribution in [0.15, 0.2) is 48.1 Å². The molecule has 3 aromatic rings. The van der Waals surface area contributed by atoms with Gasteiger partial charge in [0.1, 0.15) is 11.4 Å².